The second-order valence-corrected chi connectivity index (χ2v) is 18.1. The Hall–Kier alpha value is -3.84. The summed E-state index contributed by atoms with van der Waals surface area (Å²) in [5.41, 5.74) is -0.490. The molecule has 0 bridgehead atoms. The lowest BCUT2D eigenvalue weighted by molar-refractivity contribution is -0.434. The average molecular weight is 948 g/mol. The monoisotopic (exact) mass is 947 g/mol. The molecule has 0 unspecified atom stereocenters. The number of aromatic hydroxyl groups is 1. The van der Waals surface area contributed by atoms with Gasteiger partial charge in [-0.1, -0.05) is 15.1 Å². The Morgan fingerprint density at radius 1 is 0.678 bits per heavy atom. The lowest BCUT2D eigenvalue weighted by atomic mass is 10.1. The van der Waals surface area contributed by atoms with E-state index in [1.807, 2.05) is 0 Å². The molecular weight excluding hydrogens is 919 g/mol. The van der Waals surface area contributed by atoms with E-state index in [-0.39, 0.29) is 97.5 Å². The molecule has 4 aromatic carbocycles. The minimum absolute atomic E-state index is 0.00841. The van der Waals surface area contributed by atoms with E-state index in [2.05, 4.69) is 53.9 Å². The maximum atomic E-state index is 13.0. The molecule has 25 nitrogen and oxygen atoms in total. The van der Waals surface area contributed by atoms with Crippen LogP contribution >= 0.6 is 36.7 Å². The largest absolute Gasteiger partial charge is 0.505 e. The first-order valence-electron chi connectivity index (χ1n) is 15.4. The first-order chi connectivity index (χ1) is 28.1. The first kappa shape index (κ1) is 47.8. The van der Waals surface area contributed by atoms with Gasteiger partial charge in [0.25, 0.3) is 10.1 Å². The maximum absolute atomic E-state index is 13.0. The Balaban J connectivity index is 1.76. The molecule has 0 aliphatic heterocycles. The number of methoxy groups -OCH3 is 1. The Kier molecular flexibility index (Phi) is 18.4. The van der Waals surface area contributed by atoms with E-state index in [1.54, 1.807) is 0 Å². The highest BCUT2D eigenvalue weighted by Gasteiger charge is 2.22. The number of hydrogen-bond acceptors (Lipinski definition) is 27. The summed E-state index contributed by atoms with van der Waals surface area (Å²) in [5, 5.41) is 66.2. The fraction of sp³-hybridized carbons (Fsp3) is 0.214. The summed E-state index contributed by atoms with van der Waals surface area (Å²) in [5.74, 6) is -2.51. The summed E-state index contributed by atoms with van der Waals surface area (Å²) < 4.78 is 111. The molecule has 6 N–H and O–H groups in total. The first-order valence-corrected chi connectivity index (χ1v) is 22.4. The molecule has 0 amide bonds. The van der Waals surface area contributed by atoms with Gasteiger partial charge in [0.15, 0.2) is 50.1 Å². The molecule has 0 saturated heterocycles. The van der Waals surface area contributed by atoms with Crippen molar-refractivity contribution >= 4 is 106 Å². The number of anilines is 1. The van der Waals surface area contributed by atoms with E-state index in [1.165, 1.54) is 61.7 Å². The number of hydrogen-bond donors (Lipinski definition) is 6. The third-order valence-corrected chi connectivity index (χ3v) is 12.4. The van der Waals surface area contributed by atoms with E-state index in [4.69, 9.17) is 28.9 Å². The van der Waals surface area contributed by atoms with Gasteiger partial charge in [-0.3, -0.25) is 12.9 Å². The van der Waals surface area contributed by atoms with Gasteiger partial charge in [0, 0.05) is 10.8 Å². The van der Waals surface area contributed by atoms with E-state index >= 15 is 0 Å². The van der Waals surface area contributed by atoms with Crippen LogP contribution in [0.1, 0.15) is 0 Å². The number of rotatable bonds is 25. The van der Waals surface area contributed by atoms with Crippen LogP contribution in [0.15, 0.2) is 95.8 Å². The summed E-state index contributed by atoms with van der Waals surface area (Å²) in [6, 6.07) is 12.7. The van der Waals surface area contributed by atoms with Gasteiger partial charge in [0.1, 0.15) is 28.7 Å². The summed E-state index contributed by atoms with van der Waals surface area (Å²) in [4.78, 5) is -0.452. The van der Waals surface area contributed by atoms with Crippen molar-refractivity contribution in [3.63, 3.8) is 0 Å². The molecule has 0 aliphatic rings. The lowest BCUT2D eigenvalue weighted by Crippen LogP contribution is -2.13. The van der Waals surface area contributed by atoms with Gasteiger partial charge in [0.05, 0.1) is 69.9 Å². The molecule has 0 radical (unpaired) electrons. The van der Waals surface area contributed by atoms with Crippen molar-refractivity contribution in [1.29, 1.82) is 0 Å². The van der Waals surface area contributed by atoms with E-state index in [0.717, 1.165) is 6.07 Å². The Morgan fingerprint density at radius 2 is 1.27 bits per heavy atom. The minimum atomic E-state index is -4.58. The summed E-state index contributed by atoms with van der Waals surface area (Å²) in [6.45, 7) is -0.701. The molecule has 0 aromatic heterocycles. The molecule has 0 heterocycles. The number of sulfone groups is 2. The lowest BCUT2D eigenvalue weighted by Gasteiger charge is -2.14. The van der Waals surface area contributed by atoms with Crippen LogP contribution in [0.3, 0.4) is 0 Å². The molecule has 0 aliphatic carbocycles. The molecule has 59 heavy (non-hydrogen) atoms. The SMILES string of the molecule is COc1ccc(S(=O)(=O)CCOSOOO)cc1N=Nc1c(SOOO)cc2c(N=Nc3ccc(S(=O)(=O)CCOSOOO)cc3)c(NCS(=O)(=O)O)ccc2c1O. The molecular formula is C28H29N5O20S6. The van der Waals surface area contributed by atoms with Crippen LogP contribution < -0.4 is 10.1 Å². The van der Waals surface area contributed by atoms with Crippen molar-refractivity contribution in [2.45, 2.75) is 14.7 Å². The molecule has 322 valence electrons. The summed E-state index contributed by atoms with van der Waals surface area (Å²) >= 11 is 0.723. The number of azo groups is 2. The molecule has 4 rings (SSSR count). The van der Waals surface area contributed by atoms with Crippen molar-refractivity contribution in [2.24, 2.45) is 20.5 Å². The minimum Gasteiger partial charge on any atom is -0.505 e. The predicted octanol–water partition coefficient (Wildman–Crippen LogP) is 6.62. The third-order valence-electron chi connectivity index (χ3n) is 7.12. The predicted molar refractivity (Wildman–Crippen MR) is 205 cm³/mol. The zero-order valence-corrected chi connectivity index (χ0v) is 34.3. The van der Waals surface area contributed by atoms with Crippen LogP contribution in [0, 0.1) is 0 Å². The van der Waals surface area contributed by atoms with Gasteiger partial charge >= 0.3 is 0 Å². The van der Waals surface area contributed by atoms with Gasteiger partial charge in [-0.2, -0.15) is 13.5 Å². The quantitative estimate of drug-likeness (QED) is 0.0101. The third kappa shape index (κ3) is 14.1. The average Bonchev–Trinajstić information content (AvgIpc) is 3.20. The van der Waals surface area contributed by atoms with E-state index in [0.29, 0.717) is 12.0 Å². The highest BCUT2D eigenvalue weighted by molar-refractivity contribution is 7.94. The van der Waals surface area contributed by atoms with Gasteiger partial charge in [0.2, 0.25) is 0 Å². The molecule has 0 fully saturated rings. The van der Waals surface area contributed by atoms with E-state index in [9.17, 15) is 34.9 Å². The van der Waals surface area contributed by atoms with Crippen molar-refractivity contribution < 1.29 is 91.9 Å². The number of phenolic OH excluding ortho intramolecular Hbond substituents is 1. The molecule has 0 spiro atoms. The van der Waals surface area contributed by atoms with Crippen molar-refractivity contribution in [2.75, 3.05) is 43.0 Å². The fourth-order valence-electron chi connectivity index (χ4n) is 4.56. The summed E-state index contributed by atoms with van der Waals surface area (Å²) in [6.07, 6.45) is 0. The number of ether oxygens (including phenoxy) is 1. The highest BCUT2D eigenvalue weighted by Crippen LogP contribution is 2.48. The second-order valence-electron chi connectivity index (χ2n) is 10.7. The molecule has 31 heteroatoms. The van der Waals surface area contributed by atoms with Crippen LogP contribution in [0.25, 0.3) is 10.8 Å². The molecule has 0 atom stereocenters. The fourth-order valence-corrected chi connectivity index (χ4v) is 8.22. The molecule has 4 aromatic rings. The highest BCUT2D eigenvalue weighted by atomic mass is 32.2. The smallest absolute Gasteiger partial charge is 0.283 e. The van der Waals surface area contributed by atoms with Crippen LogP contribution in [0.5, 0.6) is 11.5 Å². The number of nitrogens with one attached hydrogen (secondary N) is 1. The second kappa shape index (κ2) is 22.7. The standard InChI is InChI=1S/C28H29N5O20S6/c1-45-24-9-6-19(58(40,41)13-11-47-56-53-50-37)14-23(24)31-33-27-25(54-51-48-35)15-21-20(28(27)34)7-8-22(29-16-59(42,43)44)26(21)32-30-17-2-4-18(5-3-17)57(38,39)12-10-46-55-52-49-36/h2-9,14-15,29,34-37H,10-13,16H2,1H3,(H,42,43,44). The topological polar surface area (TPSA) is 348 Å². The van der Waals surface area contributed by atoms with Gasteiger partial charge in [-0.05, 0) is 60.7 Å². The van der Waals surface area contributed by atoms with E-state index < -0.39 is 52.9 Å². The van der Waals surface area contributed by atoms with Crippen molar-refractivity contribution in [3.05, 3.63) is 60.7 Å². The van der Waals surface area contributed by atoms with Gasteiger partial charge in [-0.25, -0.2) is 32.6 Å². The normalized spacial score (nSPS) is 12.6. The van der Waals surface area contributed by atoms with Gasteiger partial charge in [-0.15, -0.1) is 28.3 Å². The summed E-state index contributed by atoms with van der Waals surface area (Å²) in [7, 11) is -11.1. The number of benzene rings is 4. The Labute approximate surface area is 346 Å². The number of fused-ring (bicyclic) bond motifs is 1. The van der Waals surface area contributed by atoms with Crippen molar-refractivity contribution in [3.8, 4) is 11.5 Å². The Bertz CT molecular complexity index is 2440. The van der Waals surface area contributed by atoms with Gasteiger partial charge < -0.3 is 15.2 Å². The van der Waals surface area contributed by atoms with Crippen LogP contribution in [-0.2, 0) is 66.3 Å². The van der Waals surface area contributed by atoms with Crippen LogP contribution in [0.4, 0.5) is 28.4 Å². The zero-order chi connectivity index (χ0) is 43.1. The maximum Gasteiger partial charge on any atom is 0.283 e. The number of nitrogens with zero attached hydrogens (tertiary/aromatic N) is 4. The molecule has 0 saturated carbocycles. The van der Waals surface area contributed by atoms with Crippen LogP contribution in [0.2, 0.25) is 0 Å². The zero-order valence-electron chi connectivity index (χ0n) is 29.4. The van der Waals surface area contributed by atoms with Crippen molar-refractivity contribution in [1.82, 2.24) is 0 Å². The Morgan fingerprint density at radius 3 is 1.86 bits per heavy atom. The van der Waals surface area contributed by atoms with Crippen LogP contribution in [-0.4, -0.2) is 88.4 Å². The number of phenols is 1.